The van der Waals surface area contributed by atoms with Crippen LogP contribution in [0.4, 0.5) is 17.2 Å². The van der Waals surface area contributed by atoms with Crippen molar-refractivity contribution in [2.45, 2.75) is 51.4 Å². The zero-order valence-corrected chi connectivity index (χ0v) is 18.3. The third-order valence-electron chi connectivity index (χ3n) is 5.72. The molecule has 0 aliphatic carbocycles. The highest BCUT2D eigenvalue weighted by Gasteiger charge is 2.37. The predicted molar refractivity (Wildman–Crippen MR) is 113 cm³/mol. The SMILES string of the molecule is CN1c2ccc(Cl)cc2NC(=O)c2cn(CCCC(C)(C)[Si](C)(C)O)nc21. The molecule has 2 N–H and O–H groups in total. The fourth-order valence-corrected chi connectivity index (χ4v) is 4.09. The van der Waals surface area contributed by atoms with Gasteiger partial charge in [0.1, 0.15) is 5.56 Å². The number of carbonyl (C=O) groups excluding carboxylic acids is 1. The van der Waals surface area contributed by atoms with Crippen molar-refractivity contribution in [3.05, 3.63) is 35.0 Å². The van der Waals surface area contributed by atoms with Crippen molar-refractivity contribution in [1.82, 2.24) is 9.78 Å². The van der Waals surface area contributed by atoms with Crippen LogP contribution in [0.3, 0.4) is 0 Å². The van der Waals surface area contributed by atoms with E-state index in [1.165, 1.54) is 0 Å². The molecule has 0 saturated heterocycles. The molecule has 1 aromatic carbocycles. The number of anilines is 3. The lowest BCUT2D eigenvalue weighted by Gasteiger charge is -2.35. The minimum Gasteiger partial charge on any atom is -0.432 e. The number of amides is 1. The smallest absolute Gasteiger partial charge is 0.261 e. The number of hydrogen-bond donors (Lipinski definition) is 2. The summed E-state index contributed by atoms with van der Waals surface area (Å²) in [6.07, 6.45) is 3.60. The third kappa shape index (κ3) is 3.90. The van der Waals surface area contributed by atoms with Crippen molar-refractivity contribution in [2.24, 2.45) is 0 Å². The maximum Gasteiger partial charge on any atom is 0.261 e. The standard InChI is InChI=1S/C19H27ClN4O2Si/c1-19(2,27(4,5)26)9-6-10-24-12-14-17(22-24)23(3)16-8-7-13(20)11-15(16)21-18(14)25/h7-8,11-12,26H,6,9-10H2,1-5H3,(H,21,25). The van der Waals surface area contributed by atoms with Gasteiger partial charge in [0.15, 0.2) is 14.1 Å². The number of halogens is 1. The van der Waals surface area contributed by atoms with Gasteiger partial charge in [-0.1, -0.05) is 25.4 Å². The van der Waals surface area contributed by atoms with E-state index in [1.807, 2.05) is 35.8 Å². The Bertz CT molecular complexity index is 873. The number of fused-ring (bicyclic) bond motifs is 2. The van der Waals surface area contributed by atoms with E-state index in [1.54, 1.807) is 18.3 Å². The number of benzene rings is 1. The summed E-state index contributed by atoms with van der Waals surface area (Å²) in [6.45, 7) is 8.91. The van der Waals surface area contributed by atoms with Gasteiger partial charge in [0.25, 0.3) is 5.91 Å². The molecule has 1 aromatic heterocycles. The van der Waals surface area contributed by atoms with E-state index in [4.69, 9.17) is 11.6 Å². The van der Waals surface area contributed by atoms with Crippen LogP contribution in [0.5, 0.6) is 0 Å². The lowest BCUT2D eigenvalue weighted by Crippen LogP contribution is -2.39. The highest BCUT2D eigenvalue weighted by atomic mass is 35.5. The average Bonchev–Trinajstić information content (AvgIpc) is 2.94. The number of nitrogens with one attached hydrogen (secondary N) is 1. The fourth-order valence-electron chi connectivity index (χ4n) is 3.13. The number of hydrogen-bond acceptors (Lipinski definition) is 4. The highest BCUT2D eigenvalue weighted by Crippen LogP contribution is 2.40. The van der Waals surface area contributed by atoms with Gasteiger partial charge >= 0.3 is 0 Å². The Morgan fingerprint density at radius 3 is 2.70 bits per heavy atom. The molecule has 8 heteroatoms. The van der Waals surface area contributed by atoms with E-state index >= 15 is 0 Å². The second-order valence-corrected chi connectivity index (χ2v) is 13.3. The van der Waals surface area contributed by atoms with Gasteiger partial charge in [-0.15, -0.1) is 0 Å². The Balaban J connectivity index is 1.80. The molecule has 27 heavy (non-hydrogen) atoms. The summed E-state index contributed by atoms with van der Waals surface area (Å²) in [7, 11) is -0.323. The quantitative estimate of drug-likeness (QED) is 0.710. The molecular weight excluding hydrogens is 380 g/mol. The normalized spacial score (nSPS) is 14.5. The number of carbonyl (C=O) groups is 1. The molecule has 0 unspecified atom stereocenters. The van der Waals surface area contributed by atoms with Gasteiger partial charge in [0, 0.05) is 24.8 Å². The first-order valence-corrected chi connectivity index (χ1v) is 12.5. The summed E-state index contributed by atoms with van der Waals surface area (Å²) in [6, 6.07) is 5.42. The molecule has 0 radical (unpaired) electrons. The van der Waals surface area contributed by atoms with Crippen molar-refractivity contribution >= 4 is 43.0 Å². The van der Waals surface area contributed by atoms with Crippen molar-refractivity contribution in [3.63, 3.8) is 0 Å². The van der Waals surface area contributed by atoms with Gasteiger partial charge in [0.2, 0.25) is 0 Å². The number of aryl methyl sites for hydroxylation is 1. The van der Waals surface area contributed by atoms with Crippen LogP contribution in [0.1, 0.15) is 37.0 Å². The molecule has 0 atom stereocenters. The molecule has 0 bridgehead atoms. The molecule has 1 aliphatic rings. The minimum atomic E-state index is -2.22. The fraction of sp³-hybridized carbons (Fsp3) is 0.474. The number of rotatable bonds is 5. The van der Waals surface area contributed by atoms with Crippen LogP contribution in [-0.2, 0) is 6.54 Å². The first kappa shape index (κ1) is 19.9. The summed E-state index contributed by atoms with van der Waals surface area (Å²) < 4.78 is 1.82. The van der Waals surface area contributed by atoms with E-state index in [9.17, 15) is 9.59 Å². The summed E-state index contributed by atoms with van der Waals surface area (Å²) in [4.78, 5) is 25.0. The first-order chi connectivity index (χ1) is 12.5. The monoisotopic (exact) mass is 406 g/mol. The van der Waals surface area contributed by atoms with Gasteiger partial charge in [0.05, 0.1) is 11.4 Å². The van der Waals surface area contributed by atoms with E-state index < -0.39 is 8.32 Å². The number of aromatic nitrogens is 2. The molecular formula is C19H27ClN4O2Si. The Kier molecular flexibility index (Phi) is 5.13. The molecule has 146 valence electrons. The Morgan fingerprint density at radius 1 is 1.33 bits per heavy atom. The lowest BCUT2D eigenvalue weighted by molar-refractivity contribution is 0.102. The molecule has 0 spiro atoms. The molecule has 0 fully saturated rings. The van der Waals surface area contributed by atoms with Crippen LogP contribution in [0.25, 0.3) is 0 Å². The van der Waals surface area contributed by atoms with Crippen molar-refractivity contribution in [2.75, 3.05) is 17.3 Å². The second kappa shape index (κ2) is 6.96. The maximum atomic E-state index is 12.6. The van der Waals surface area contributed by atoms with Crippen LogP contribution in [0, 0.1) is 0 Å². The van der Waals surface area contributed by atoms with Crippen molar-refractivity contribution in [1.29, 1.82) is 0 Å². The largest absolute Gasteiger partial charge is 0.432 e. The van der Waals surface area contributed by atoms with Gasteiger partial charge in [-0.3, -0.25) is 9.48 Å². The second-order valence-electron chi connectivity index (χ2n) is 8.35. The van der Waals surface area contributed by atoms with E-state index in [0.29, 0.717) is 28.6 Å². The Hall–Kier alpha value is -1.83. The van der Waals surface area contributed by atoms with Crippen LogP contribution >= 0.6 is 11.6 Å². The van der Waals surface area contributed by atoms with E-state index in [0.717, 1.165) is 18.5 Å². The van der Waals surface area contributed by atoms with Gasteiger partial charge in [-0.05, 0) is 49.2 Å². The molecule has 6 nitrogen and oxygen atoms in total. The highest BCUT2D eigenvalue weighted by molar-refractivity contribution is 6.72. The molecule has 3 rings (SSSR count). The Labute approximate surface area is 166 Å². The maximum absolute atomic E-state index is 12.6. The van der Waals surface area contributed by atoms with E-state index in [2.05, 4.69) is 24.3 Å². The first-order valence-electron chi connectivity index (χ1n) is 9.14. The molecule has 0 saturated carbocycles. The summed E-state index contributed by atoms with van der Waals surface area (Å²) >= 11 is 6.06. The molecule has 1 aliphatic heterocycles. The topological polar surface area (TPSA) is 70.4 Å². The lowest BCUT2D eigenvalue weighted by atomic mass is 10.1. The summed E-state index contributed by atoms with van der Waals surface area (Å²) in [5.74, 6) is 0.443. The Morgan fingerprint density at radius 2 is 2.04 bits per heavy atom. The summed E-state index contributed by atoms with van der Waals surface area (Å²) in [5.41, 5.74) is 2.07. The van der Waals surface area contributed by atoms with Crippen LogP contribution in [-0.4, -0.2) is 35.8 Å². The van der Waals surface area contributed by atoms with Crippen molar-refractivity contribution < 1.29 is 9.59 Å². The predicted octanol–water partition coefficient (Wildman–Crippen LogP) is 4.63. The number of nitrogens with zero attached hydrogens (tertiary/aromatic N) is 3. The average molecular weight is 407 g/mol. The zero-order valence-electron chi connectivity index (χ0n) is 16.5. The molecule has 2 aromatic rings. The van der Waals surface area contributed by atoms with Gasteiger partial charge in [-0.25, -0.2) is 0 Å². The molecule has 1 amide bonds. The van der Waals surface area contributed by atoms with Crippen LogP contribution in [0.15, 0.2) is 24.4 Å². The molecule has 2 heterocycles. The van der Waals surface area contributed by atoms with Crippen LogP contribution in [0.2, 0.25) is 23.2 Å². The zero-order chi connectivity index (χ0) is 20.0. The summed E-state index contributed by atoms with van der Waals surface area (Å²) in [5, 5.41) is 8.07. The minimum absolute atomic E-state index is 0.0658. The van der Waals surface area contributed by atoms with Crippen LogP contribution < -0.4 is 10.2 Å². The van der Waals surface area contributed by atoms with Gasteiger partial charge in [-0.2, -0.15) is 5.10 Å². The third-order valence-corrected chi connectivity index (χ3v) is 9.52. The van der Waals surface area contributed by atoms with Crippen molar-refractivity contribution in [3.8, 4) is 0 Å². The van der Waals surface area contributed by atoms with Gasteiger partial charge < -0.3 is 15.0 Å². The van der Waals surface area contributed by atoms with E-state index in [-0.39, 0.29) is 10.9 Å².